The first kappa shape index (κ1) is 12.2. The molecule has 0 bridgehead atoms. The highest BCUT2D eigenvalue weighted by Crippen LogP contribution is 2.25. The van der Waals surface area contributed by atoms with Gasteiger partial charge in [-0.15, -0.1) is 0 Å². The molecule has 1 atom stereocenters. The van der Waals surface area contributed by atoms with Gasteiger partial charge in [-0.25, -0.2) is 4.39 Å². The molecule has 0 aliphatic heterocycles. The van der Waals surface area contributed by atoms with Crippen molar-refractivity contribution in [1.82, 2.24) is 4.98 Å². The smallest absolute Gasteiger partial charge is 0.129 e. The van der Waals surface area contributed by atoms with Crippen LogP contribution >= 0.6 is 15.9 Å². The van der Waals surface area contributed by atoms with Gasteiger partial charge < -0.3 is 5.11 Å². The summed E-state index contributed by atoms with van der Waals surface area (Å²) >= 11 is 3.25. The quantitative estimate of drug-likeness (QED) is 0.921. The van der Waals surface area contributed by atoms with Gasteiger partial charge in [0, 0.05) is 16.2 Å². The minimum Gasteiger partial charge on any atom is -0.382 e. The lowest BCUT2D eigenvalue weighted by Gasteiger charge is -2.12. The zero-order chi connectivity index (χ0) is 12.4. The van der Waals surface area contributed by atoms with Gasteiger partial charge in [-0.3, -0.25) is 4.98 Å². The average Bonchev–Trinajstić information content (AvgIpc) is 2.32. The molecule has 88 valence electrons. The summed E-state index contributed by atoms with van der Waals surface area (Å²) in [5, 5.41) is 10.1. The van der Waals surface area contributed by atoms with Gasteiger partial charge in [0.05, 0.1) is 5.69 Å². The van der Waals surface area contributed by atoms with Gasteiger partial charge in [-0.2, -0.15) is 0 Å². The molecular weight excluding hydrogens is 285 g/mol. The van der Waals surface area contributed by atoms with Crippen molar-refractivity contribution in [2.75, 3.05) is 0 Å². The fraction of sp³-hybridized carbons (Fsp3) is 0.154. The highest BCUT2D eigenvalue weighted by atomic mass is 79.9. The SMILES string of the molecule is Cc1ccc(C(O)c2cc(Br)ccc2F)nc1. The first-order chi connectivity index (χ1) is 8.08. The number of rotatable bonds is 2. The minimum absolute atomic E-state index is 0.218. The summed E-state index contributed by atoms with van der Waals surface area (Å²) in [6.45, 7) is 1.91. The summed E-state index contributed by atoms with van der Waals surface area (Å²) in [4.78, 5) is 4.09. The van der Waals surface area contributed by atoms with E-state index in [1.807, 2.05) is 13.0 Å². The molecule has 2 aromatic rings. The summed E-state index contributed by atoms with van der Waals surface area (Å²) in [6.07, 6.45) is 0.599. The van der Waals surface area contributed by atoms with Crippen LogP contribution < -0.4 is 0 Å². The van der Waals surface area contributed by atoms with Crippen LogP contribution in [0.4, 0.5) is 4.39 Å². The van der Waals surface area contributed by atoms with Crippen molar-refractivity contribution in [3.8, 4) is 0 Å². The lowest BCUT2D eigenvalue weighted by Crippen LogP contribution is -2.04. The van der Waals surface area contributed by atoms with E-state index >= 15 is 0 Å². The van der Waals surface area contributed by atoms with Crippen molar-refractivity contribution in [3.05, 3.63) is 63.6 Å². The Hall–Kier alpha value is -1.26. The maximum atomic E-state index is 13.6. The second-order valence-corrected chi connectivity index (χ2v) is 4.74. The Morgan fingerprint density at radius 3 is 2.71 bits per heavy atom. The molecule has 17 heavy (non-hydrogen) atoms. The number of halogens is 2. The number of hydrogen-bond donors (Lipinski definition) is 1. The lowest BCUT2D eigenvalue weighted by molar-refractivity contribution is 0.210. The standard InChI is InChI=1S/C13H11BrFNO/c1-8-2-5-12(16-7-8)13(17)10-6-9(14)3-4-11(10)15/h2-7,13,17H,1H3. The normalized spacial score (nSPS) is 12.5. The topological polar surface area (TPSA) is 33.1 Å². The van der Waals surface area contributed by atoms with Crippen molar-refractivity contribution in [3.63, 3.8) is 0 Å². The van der Waals surface area contributed by atoms with Crippen LogP contribution in [-0.2, 0) is 0 Å². The molecule has 1 heterocycles. The second kappa shape index (κ2) is 4.94. The number of pyridine rings is 1. The number of nitrogens with zero attached hydrogens (tertiary/aromatic N) is 1. The summed E-state index contributed by atoms with van der Waals surface area (Å²) in [7, 11) is 0. The maximum absolute atomic E-state index is 13.6. The third kappa shape index (κ3) is 2.70. The summed E-state index contributed by atoms with van der Waals surface area (Å²) in [5.74, 6) is -0.442. The Morgan fingerprint density at radius 1 is 1.29 bits per heavy atom. The fourth-order valence-corrected chi connectivity index (χ4v) is 1.90. The first-order valence-corrected chi connectivity index (χ1v) is 5.93. The van der Waals surface area contributed by atoms with E-state index in [-0.39, 0.29) is 5.56 Å². The lowest BCUT2D eigenvalue weighted by atomic mass is 10.1. The van der Waals surface area contributed by atoms with Crippen LogP contribution in [0.3, 0.4) is 0 Å². The monoisotopic (exact) mass is 295 g/mol. The third-order valence-electron chi connectivity index (χ3n) is 2.47. The van der Waals surface area contributed by atoms with Gasteiger partial charge >= 0.3 is 0 Å². The van der Waals surface area contributed by atoms with Crippen molar-refractivity contribution in [2.24, 2.45) is 0 Å². The Bertz CT molecular complexity index is 527. The zero-order valence-corrected chi connectivity index (χ0v) is 10.8. The Labute approximate surface area is 107 Å². The molecular formula is C13H11BrFNO. The molecule has 0 amide bonds. The van der Waals surface area contributed by atoms with Crippen LogP contribution in [0.1, 0.15) is 22.9 Å². The van der Waals surface area contributed by atoms with Crippen LogP contribution in [0.5, 0.6) is 0 Å². The number of benzene rings is 1. The van der Waals surface area contributed by atoms with Crippen LogP contribution in [-0.4, -0.2) is 10.1 Å². The minimum atomic E-state index is -1.05. The number of aromatic nitrogens is 1. The highest BCUT2D eigenvalue weighted by Gasteiger charge is 2.16. The van der Waals surface area contributed by atoms with Crippen molar-refractivity contribution < 1.29 is 9.50 Å². The molecule has 1 unspecified atom stereocenters. The van der Waals surface area contributed by atoms with Gasteiger partial charge in [0.2, 0.25) is 0 Å². The van der Waals surface area contributed by atoms with E-state index in [0.717, 1.165) is 10.0 Å². The molecule has 0 aliphatic rings. The van der Waals surface area contributed by atoms with Crippen molar-refractivity contribution in [2.45, 2.75) is 13.0 Å². The first-order valence-electron chi connectivity index (χ1n) is 5.13. The fourth-order valence-electron chi connectivity index (χ4n) is 1.52. The summed E-state index contributed by atoms with van der Waals surface area (Å²) < 4.78 is 14.3. The van der Waals surface area contributed by atoms with Gasteiger partial charge in [-0.1, -0.05) is 22.0 Å². The molecule has 0 saturated heterocycles. The van der Waals surface area contributed by atoms with E-state index in [4.69, 9.17) is 0 Å². The Kier molecular flexibility index (Phi) is 3.54. The van der Waals surface area contributed by atoms with Crippen LogP contribution in [0.25, 0.3) is 0 Å². The molecule has 0 aliphatic carbocycles. The number of aliphatic hydroxyl groups is 1. The van der Waals surface area contributed by atoms with Crippen molar-refractivity contribution in [1.29, 1.82) is 0 Å². The van der Waals surface area contributed by atoms with Gasteiger partial charge in [-0.05, 0) is 36.8 Å². The molecule has 0 saturated carbocycles. The third-order valence-corrected chi connectivity index (χ3v) is 2.96. The van der Waals surface area contributed by atoms with Crippen LogP contribution in [0.15, 0.2) is 41.0 Å². The number of hydrogen-bond acceptors (Lipinski definition) is 2. The van der Waals surface area contributed by atoms with E-state index in [2.05, 4.69) is 20.9 Å². The maximum Gasteiger partial charge on any atom is 0.129 e. The molecule has 2 nitrogen and oxygen atoms in total. The van der Waals surface area contributed by atoms with Gasteiger partial charge in [0.15, 0.2) is 0 Å². The largest absolute Gasteiger partial charge is 0.382 e. The van der Waals surface area contributed by atoms with Crippen LogP contribution in [0, 0.1) is 12.7 Å². The van der Waals surface area contributed by atoms with Crippen molar-refractivity contribution >= 4 is 15.9 Å². The molecule has 4 heteroatoms. The summed E-state index contributed by atoms with van der Waals surface area (Å²) in [5.41, 5.74) is 1.65. The van der Waals surface area contributed by atoms with E-state index in [9.17, 15) is 9.50 Å². The second-order valence-electron chi connectivity index (χ2n) is 3.83. The zero-order valence-electron chi connectivity index (χ0n) is 9.19. The van der Waals surface area contributed by atoms with E-state index < -0.39 is 11.9 Å². The van der Waals surface area contributed by atoms with Crippen LogP contribution in [0.2, 0.25) is 0 Å². The predicted molar refractivity (Wildman–Crippen MR) is 67.1 cm³/mol. The Morgan fingerprint density at radius 2 is 2.06 bits per heavy atom. The van der Waals surface area contributed by atoms with Gasteiger partial charge in [0.25, 0.3) is 0 Å². The Balaban J connectivity index is 2.39. The van der Waals surface area contributed by atoms with Gasteiger partial charge in [0.1, 0.15) is 11.9 Å². The summed E-state index contributed by atoms with van der Waals surface area (Å²) in [6, 6.07) is 7.99. The van der Waals surface area contributed by atoms with E-state index in [0.29, 0.717) is 5.69 Å². The number of aliphatic hydroxyl groups excluding tert-OH is 1. The van der Waals surface area contributed by atoms with E-state index in [1.54, 1.807) is 24.4 Å². The molecule has 0 radical (unpaired) electrons. The molecule has 0 fully saturated rings. The van der Waals surface area contributed by atoms with E-state index in [1.165, 1.54) is 6.07 Å². The molecule has 1 aromatic carbocycles. The average molecular weight is 296 g/mol. The predicted octanol–water partition coefficient (Wildman–Crippen LogP) is 3.37. The molecule has 1 N–H and O–H groups in total. The molecule has 2 rings (SSSR count). The number of aryl methyl sites for hydroxylation is 1. The molecule has 1 aromatic heterocycles. The molecule has 0 spiro atoms. The highest BCUT2D eigenvalue weighted by molar-refractivity contribution is 9.10.